The number of hydrogen-bond donors (Lipinski definition) is 0. The Balaban J connectivity index is 1.31. The number of piperidine rings is 1. The zero-order valence-electron chi connectivity index (χ0n) is 17.0. The van der Waals surface area contributed by atoms with Gasteiger partial charge in [0.15, 0.2) is 0 Å². The van der Waals surface area contributed by atoms with Gasteiger partial charge < -0.3 is 14.5 Å². The number of rotatable bonds is 3. The first-order chi connectivity index (χ1) is 13.8. The largest absolute Gasteiger partial charge is 0.372 e. The standard InChI is InChI=1S/C22H28F2N2O3/c1-14-12-26(13-15(2)29-14)21(28)18-11-22(18)5-7-25(8-6-22)20(27)10-16-9-17(23)3-4-19(16)24/h3-4,9,14-15,18H,5-8,10-13H2,1-2H3/t14-,15+,18-/m0/s1. The minimum atomic E-state index is -0.560. The molecule has 29 heavy (non-hydrogen) atoms. The normalized spacial score (nSPS) is 28.5. The van der Waals surface area contributed by atoms with E-state index in [2.05, 4.69) is 0 Å². The third-order valence-electron chi connectivity index (χ3n) is 6.68. The van der Waals surface area contributed by atoms with E-state index < -0.39 is 11.6 Å². The fraction of sp³-hybridized carbons (Fsp3) is 0.636. The molecule has 2 heterocycles. The van der Waals surface area contributed by atoms with Gasteiger partial charge in [0.2, 0.25) is 11.8 Å². The van der Waals surface area contributed by atoms with E-state index in [4.69, 9.17) is 4.74 Å². The van der Waals surface area contributed by atoms with E-state index in [1.54, 1.807) is 4.90 Å². The van der Waals surface area contributed by atoms with Crippen LogP contribution in [0.25, 0.3) is 0 Å². The predicted molar refractivity (Wildman–Crippen MR) is 103 cm³/mol. The molecule has 3 atom stereocenters. The van der Waals surface area contributed by atoms with Crippen molar-refractivity contribution in [2.75, 3.05) is 26.2 Å². The number of hydrogen-bond acceptors (Lipinski definition) is 3. The van der Waals surface area contributed by atoms with Crippen LogP contribution in [0.5, 0.6) is 0 Å². The molecular weight excluding hydrogens is 378 g/mol. The first-order valence-electron chi connectivity index (χ1n) is 10.4. The predicted octanol–water partition coefficient (Wildman–Crippen LogP) is 2.77. The second-order valence-electron chi connectivity index (χ2n) is 8.91. The molecule has 1 aliphatic carbocycles. The lowest BCUT2D eigenvalue weighted by Gasteiger charge is -2.37. The smallest absolute Gasteiger partial charge is 0.227 e. The molecule has 0 radical (unpaired) electrons. The van der Waals surface area contributed by atoms with E-state index in [-0.39, 0.29) is 47.3 Å². The highest BCUT2D eigenvalue weighted by Gasteiger charge is 2.59. The van der Waals surface area contributed by atoms with E-state index >= 15 is 0 Å². The lowest BCUT2D eigenvalue weighted by molar-refractivity contribution is -0.145. The number of carbonyl (C=O) groups is 2. The van der Waals surface area contributed by atoms with Gasteiger partial charge in [-0.1, -0.05) is 0 Å². The maximum absolute atomic E-state index is 13.8. The summed E-state index contributed by atoms with van der Waals surface area (Å²) in [6, 6.07) is 3.18. The first kappa shape index (κ1) is 20.3. The Morgan fingerprint density at radius 1 is 1.10 bits per heavy atom. The molecule has 2 amide bonds. The second kappa shape index (κ2) is 7.67. The number of benzene rings is 1. The molecule has 1 spiro atoms. The summed E-state index contributed by atoms with van der Waals surface area (Å²) < 4.78 is 32.9. The van der Waals surface area contributed by atoms with Crippen molar-refractivity contribution in [3.05, 3.63) is 35.4 Å². The highest BCUT2D eigenvalue weighted by molar-refractivity contribution is 5.83. The molecule has 7 heteroatoms. The van der Waals surface area contributed by atoms with Gasteiger partial charge in [0.25, 0.3) is 0 Å². The minimum Gasteiger partial charge on any atom is -0.372 e. The van der Waals surface area contributed by atoms with Gasteiger partial charge in [0, 0.05) is 37.7 Å². The molecule has 2 aliphatic heterocycles. The Morgan fingerprint density at radius 3 is 2.41 bits per heavy atom. The number of likely N-dealkylation sites (tertiary alicyclic amines) is 1. The van der Waals surface area contributed by atoms with Crippen LogP contribution in [0.1, 0.15) is 38.7 Å². The number of morpholine rings is 1. The van der Waals surface area contributed by atoms with Crippen molar-refractivity contribution >= 4 is 11.8 Å². The van der Waals surface area contributed by atoms with Crippen LogP contribution < -0.4 is 0 Å². The zero-order chi connectivity index (χ0) is 20.8. The number of amides is 2. The van der Waals surface area contributed by atoms with Gasteiger partial charge in [-0.15, -0.1) is 0 Å². The Kier molecular flexibility index (Phi) is 5.36. The molecule has 0 N–H and O–H groups in total. The van der Waals surface area contributed by atoms with Crippen molar-refractivity contribution in [1.82, 2.24) is 9.80 Å². The lowest BCUT2D eigenvalue weighted by Crippen LogP contribution is -2.49. The average Bonchev–Trinajstić information content (AvgIpc) is 3.37. The Morgan fingerprint density at radius 2 is 1.76 bits per heavy atom. The van der Waals surface area contributed by atoms with Crippen LogP contribution in [0.3, 0.4) is 0 Å². The summed E-state index contributed by atoms with van der Waals surface area (Å²) in [5.74, 6) is -1.04. The van der Waals surface area contributed by atoms with E-state index in [0.29, 0.717) is 26.2 Å². The third-order valence-corrected chi connectivity index (χ3v) is 6.68. The van der Waals surface area contributed by atoms with Crippen molar-refractivity contribution in [2.24, 2.45) is 11.3 Å². The quantitative estimate of drug-likeness (QED) is 0.776. The molecule has 4 rings (SSSR count). The van der Waals surface area contributed by atoms with Crippen molar-refractivity contribution in [1.29, 1.82) is 0 Å². The summed E-state index contributed by atoms with van der Waals surface area (Å²) in [7, 11) is 0. The molecule has 1 saturated carbocycles. The van der Waals surface area contributed by atoms with Crippen molar-refractivity contribution in [2.45, 2.75) is 51.7 Å². The van der Waals surface area contributed by atoms with E-state index in [1.807, 2.05) is 18.7 Å². The zero-order valence-corrected chi connectivity index (χ0v) is 17.0. The Hall–Kier alpha value is -2.02. The molecule has 3 aliphatic rings. The second-order valence-corrected chi connectivity index (χ2v) is 8.91. The van der Waals surface area contributed by atoms with Crippen LogP contribution in [0, 0.1) is 23.0 Å². The van der Waals surface area contributed by atoms with Crippen LogP contribution in [0.15, 0.2) is 18.2 Å². The van der Waals surface area contributed by atoms with Crippen LogP contribution in [-0.2, 0) is 20.7 Å². The fourth-order valence-corrected chi connectivity index (χ4v) is 4.98. The van der Waals surface area contributed by atoms with Gasteiger partial charge in [-0.25, -0.2) is 8.78 Å². The molecule has 3 fully saturated rings. The summed E-state index contributed by atoms with van der Waals surface area (Å²) >= 11 is 0. The summed E-state index contributed by atoms with van der Waals surface area (Å²) in [6.45, 7) is 6.39. The van der Waals surface area contributed by atoms with Gasteiger partial charge >= 0.3 is 0 Å². The molecule has 1 aromatic carbocycles. The number of carbonyl (C=O) groups excluding carboxylic acids is 2. The van der Waals surface area contributed by atoms with Gasteiger partial charge in [-0.05, 0) is 56.7 Å². The lowest BCUT2D eigenvalue weighted by atomic mass is 9.90. The van der Waals surface area contributed by atoms with Crippen molar-refractivity contribution in [3.8, 4) is 0 Å². The van der Waals surface area contributed by atoms with Gasteiger partial charge in [0.1, 0.15) is 11.6 Å². The van der Waals surface area contributed by atoms with Crippen LogP contribution >= 0.6 is 0 Å². The molecule has 1 aromatic rings. The Labute approximate surface area is 170 Å². The SMILES string of the molecule is C[C@@H]1CN(C(=O)[C@@H]2CC23CCN(C(=O)Cc2cc(F)ccc2F)CC3)C[C@H](C)O1. The van der Waals surface area contributed by atoms with Gasteiger partial charge in [-0.2, -0.15) is 0 Å². The van der Waals surface area contributed by atoms with Gasteiger partial charge in [0.05, 0.1) is 18.6 Å². The van der Waals surface area contributed by atoms with Crippen LogP contribution in [0.4, 0.5) is 8.78 Å². The topological polar surface area (TPSA) is 49.9 Å². The van der Waals surface area contributed by atoms with Crippen molar-refractivity contribution < 1.29 is 23.1 Å². The van der Waals surface area contributed by atoms with E-state index in [0.717, 1.165) is 37.5 Å². The molecule has 0 aromatic heterocycles. The summed E-state index contributed by atoms with van der Waals surface area (Å²) in [4.78, 5) is 29.2. The molecule has 2 saturated heterocycles. The van der Waals surface area contributed by atoms with Gasteiger partial charge in [-0.3, -0.25) is 9.59 Å². The molecule has 158 valence electrons. The maximum atomic E-state index is 13.8. The highest BCUT2D eigenvalue weighted by atomic mass is 19.1. The number of ether oxygens (including phenoxy) is 1. The average molecular weight is 406 g/mol. The fourth-order valence-electron chi connectivity index (χ4n) is 4.98. The molecule has 0 bridgehead atoms. The minimum absolute atomic E-state index is 0.00273. The Bertz CT molecular complexity index is 797. The monoisotopic (exact) mass is 406 g/mol. The number of halogens is 2. The number of nitrogens with zero attached hydrogens (tertiary/aromatic N) is 2. The maximum Gasteiger partial charge on any atom is 0.227 e. The van der Waals surface area contributed by atoms with Crippen LogP contribution in [0.2, 0.25) is 0 Å². The summed E-state index contributed by atoms with van der Waals surface area (Å²) in [5, 5.41) is 0. The molecule has 5 nitrogen and oxygen atoms in total. The first-order valence-corrected chi connectivity index (χ1v) is 10.4. The third kappa shape index (κ3) is 4.15. The molecular formula is C22H28F2N2O3. The summed E-state index contributed by atoms with van der Waals surface area (Å²) in [5.41, 5.74) is 0.0910. The van der Waals surface area contributed by atoms with Crippen LogP contribution in [-0.4, -0.2) is 60.0 Å². The highest BCUT2D eigenvalue weighted by Crippen LogP contribution is 2.60. The van der Waals surface area contributed by atoms with E-state index in [1.165, 1.54) is 0 Å². The molecule has 0 unspecified atom stereocenters. The van der Waals surface area contributed by atoms with E-state index in [9.17, 15) is 18.4 Å². The summed E-state index contributed by atoms with van der Waals surface area (Å²) in [6.07, 6.45) is 2.43. The van der Waals surface area contributed by atoms with Crippen molar-refractivity contribution in [3.63, 3.8) is 0 Å².